The number of hydrogen-bond donors (Lipinski definition) is 2. The molecule has 0 saturated carbocycles. The van der Waals surface area contributed by atoms with Crippen LogP contribution in [-0.4, -0.2) is 24.5 Å². The Balaban J connectivity index is 1.79. The van der Waals surface area contributed by atoms with Crippen molar-refractivity contribution in [1.82, 2.24) is 24.5 Å². The molecule has 0 aliphatic carbocycles. The lowest BCUT2D eigenvalue weighted by atomic mass is 10.0. The third kappa shape index (κ3) is 3.77. The van der Waals surface area contributed by atoms with E-state index in [-0.39, 0.29) is 10.4 Å². The van der Waals surface area contributed by atoms with E-state index in [4.69, 9.17) is 34.8 Å². The predicted octanol–water partition coefficient (Wildman–Crippen LogP) is 6.32. The summed E-state index contributed by atoms with van der Waals surface area (Å²) in [6.45, 7) is 1.96. The zero-order valence-corrected chi connectivity index (χ0v) is 19.9. The molecule has 5 rings (SSSR count). The van der Waals surface area contributed by atoms with Crippen molar-refractivity contribution in [1.29, 1.82) is 0 Å². The number of nitrogens with zero attached hydrogens (tertiary/aromatic N) is 4. The van der Waals surface area contributed by atoms with Crippen LogP contribution < -0.4 is 10.9 Å². The highest BCUT2D eigenvalue weighted by molar-refractivity contribution is 6.36. The fraction of sp³-hybridized carbons (Fsp3) is 0.130. The van der Waals surface area contributed by atoms with E-state index in [9.17, 15) is 9.18 Å². The summed E-state index contributed by atoms with van der Waals surface area (Å²) in [7, 11) is 0. The van der Waals surface area contributed by atoms with E-state index in [1.165, 1.54) is 29.4 Å². The van der Waals surface area contributed by atoms with Gasteiger partial charge in [0.05, 0.1) is 33.5 Å². The first-order valence-corrected chi connectivity index (χ1v) is 11.4. The van der Waals surface area contributed by atoms with Gasteiger partial charge in [0, 0.05) is 10.7 Å². The number of imidazole rings is 1. The number of H-pyrrole nitrogens is 1. The second-order valence-electron chi connectivity index (χ2n) is 7.56. The van der Waals surface area contributed by atoms with Gasteiger partial charge < -0.3 is 10.3 Å². The number of anilines is 1. The lowest BCUT2D eigenvalue weighted by Gasteiger charge is -2.24. The maximum Gasteiger partial charge on any atom is 0.264 e. The fourth-order valence-corrected chi connectivity index (χ4v) is 4.56. The van der Waals surface area contributed by atoms with Gasteiger partial charge in [-0.2, -0.15) is 0 Å². The molecule has 0 unspecified atom stereocenters. The average molecular weight is 518 g/mol. The van der Waals surface area contributed by atoms with Gasteiger partial charge in [-0.15, -0.1) is 0 Å². The molecule has 3 aromatic heterocycles. The Morgan fingerprint density at radius 1 is 1.12 bits per heavy atom. The molecule has 0 radical (unpaired) electrons. The van der Waals surface area contributed by atoms with E-state index in [2.05, 4.69) is 25.3 Å². The van der Waals surface area contributed by atoms with E-state index >= 15 is 0 Å². The van der Waals surface area contributed by atoms with Crippen LogP contribution in [0.25, 0.3) is 27.6 Å². The van der Waals surface area contributed by atoms with Crippen LogP contribution in [-0.2, 0) is 0 Å². The summed E-state index contributed by atoms with van der Waals surface area (Å²) in [5.41, 5.74) is 1.53. The first-order chi connectivity index (χ1) is 16.4. The lowest BCUT2D eigenvalue weighted by Crippen LogP contribution is -2.27. The normalized spacial score (nSPS) is 12.4. The van der Waals surface area contributed by atoms with Gasteiger partial charge in [0.1, 0.15) is 17.7 Å². The molecule has 0 fully saturated rings. The first-order valence-electron chi connectivity index (χ1n) is 10.3. The quantitative estimate of drug-likeness (QED) is 0.285. The zero-order chi connectivity index (χ0) is 24.0. The molecular formula is C23H16Cl3FN6O. The van der Waals surface area contributed by atoms with Crippen molar-refractivity contribution in [3.05, 3.63) is 86.0 Å². The molecular weight excluding hydrogens is 502 g/mol. The Morgan fingerprint density at radius 3 is 2.74 bits per heavy atom. The summed E-state index contributed by atoms with van der Waals surface area (Å²) in [6.07, 6.45) is 3.51. The summed E-state index contributed by atoms with van der Waals surface area (Å²) in [6, 6.07) is 8.92. The summed E-state index contributed by atoms with van der Waals surface area (Å²) in [5, 5.41) is 4.33. The standard InChI is InChI=1S/C23H16Cl3FN6O/c1-2-15(32-22-20-21(29-9-28-20)30-10-31-22)17-7-11-3-6-14(27)19(26)18(11)23(34)33(17)16-8-12(24)4-5-13(16)25/h3-10,15H,2H2,1H3,(H2,28,29,30,31,32)/t15-/m1/s1. The van der Waals surface area contributed by atoms with Gasteiger partial charge in [-0.05, 0) is 42.1 Å². The van der Waals surface area contributed by atoms with E-state index in [0.29, 0.717) is 50.2 Å². The Labute approximate surface area is 207 Å². The molecule has 172 valence electrons. The molecule has 5 aromatic rings. The molecule has 0 spiro atoms. The molecule has 2 aromatic carbocycles. The van der Waals surface area contributed by atoms with Gasteiger partial charge in [0.2, 0.25) is 0 Å². The second-order valence-corrected chi connectivity index (χ2v) is 8.78. The average Bonchev–Trinajstić information content (AvgIpc) is 3.31. The number of halogens is 4. The number of rotatable bonds is 5. The minimum absolute atomic E-state index is 0.0491. The first kappa shape index (κ1) is 22.6. The van der Waals surface area contributed by atoms with E-state index < -0.39 is 17.4 Å². The molecule has 34 heavy (non-hydrogen) atoms. The van der Waals surface area contributed by atoms with Crippen LogP contribution >= 0.6 is 34.8 Å². The minimum Gasteiger partial charge on any atom is -0.360 e. The van der Waals surface area contributed by atoms with Crippen LogP contribution in [0.15, 0.2) is 53.8 Å². The zero-order valence-electron chi connectivity index (χ0n) is 17.6. The molecule has 0 aliphatic rings. The molecule has 1 atom stereocenters. The Bertz CT molecular complexity index is 1620. The molecule has 3 heterocycles. The molecule has 7 nitrogen and oxygen atoms in total. The van der Waals surface area contributed by atoms with Crippen LogP contribution in [0.1, 0.15) is 25.1 Å². The van der Waals surface area contributed by atoms with Crippen LogP contribution in [0, 0.1) is 5.82 Å². The van der Waals surface area contributed by atoms with Crippen molar-refractivity contribution in [2.45, 2.75) is 19.4 Å². The maximum atomic E-state index is 14.3. The van der Waals surface area contributed by atoms with E-state index in [0.717, 1.165) is 0 Å². The SMILES string of the molecule is CC[C@@H](Nc1ncnc2[nH]cnc12)c1cc2ccc(F)c(Cl)c2c(=O)n1-c1cc(Cl)ccc1Cl. The number of pyridine rings is 1. The fourth-order valence-electron chi connectivity index (χ4n) is 3.94. The van der Waals surface area contributed by atoms with Crippen LogP contribution in [0.3, 0.4) is 0 Å². The highest BCUT2D eigenvalue weighted by atomic mass is 35.5. The molecule has 0 bridgehead atoms. The summed E-state index contributed by atoms with van der Waals surface area (Å²) >= 11 is 18.9. The van der Waals surface area contributed by atoms with E-state index in [1.807, 2.05) is 6.92 Å². The summed E-state index contributed by atoms with van der Waals surface area (Å²) < 4.78 is 15.7. The number of hydrogen-bond acceptors (Lipinski definition) is 5. The Kier molecular flexibility index (Phi) is 5.89. The third-order valence-corrected chi connectivity index (χ3v) is 6.47. The number of nitrogens with one attached hydrogen (secondary N) is 2. The molecule has 0 aliphatic heterocycles. The van der Waals surface area contributed by atoms with Crippen molar-refractivity contribution in [3.8, 4) is 5.69 Å². The largest absolute Gasteiger partial charge is 0.360 e. The highest BCUT2D eigenvalue weighted by Gasteiger charge is 2.23. The van der Waals surface area contributed by atoms with Crippen molar-refractivity contribution < 1.29 is 4.39 Å². The predicted molar refractivity (Wildman–Crippen MR) is 133 cm³/mol. The van der Waals surface area contributed by atoms with Crippen LogP contribution in [0.4, 0.5) is 10.2 Å². The van der Waals surface area contributed by atoms with Crippen molar-refractivity contribution in [3.63, 3.8) is 0 Å². The number of fused-ring (bicyclic) bond motifs is 2. The molecule has 0 amide bonds. The molecule has 2 N–H and O–H groups in total. The Morgan fingerprint density at radius 2 is 1.94 bits per heavy atom. The van der Waals surface area contributed by atoms with Gasteiger partial charge in [-0.3, -0.25) is 9.36 Å². The second kappa shape index (κ2) is 8.87. The van der Waals surface area contributed by atoms with Gasteiger partial charge in [-0.25, -0.2) is 19.3 Å². The van der Waals surface area contributed by atoms with Gasteiger partial charge in [0.15, 0.2) is 11.5 Å². The molecule has 0 saturated heterocycles. The van der Waals surface area contributed by atoms with Crippen LogP contribution in [0.2, 0.25) is 15.1 Å². The summed E-state index contributed by atoms with van der Waals surface area (Å²) in [4.78, 5) is 29.5. The van der Waals surface area contributed by atoms with Crippen LogP contribution in [0.5, 0.6) is 0 Å². The van der Waals surface area contributed by atoms with Gasteiger partial charge >= 0.3 is 0 Å². The van der Waals surface area contributed by atoms with Crippen molar-refractivity contribution >= 4 is 62.6 Å². The number of aromatic amines is 1. The Hall–Kier alpha value is -3.20. The van der Waals surface area contributed by atoms with Gasteiger partial charge in [0.25, 0.3) is 5.56 Å². The topological polar surface area (TPSA) is 88.5 Å². The number of benzene rings is 2. The minimum atomic E-state index is -0.685. The monoisotopic (exact) mass is 516 g/mol. The van der Waals surface area contributed by atoms with Crippen molar-refractivity contribution in [2.24, 2.45) is 0 Å². The van der Waals surface area contributed by atoms with E-state index in [1.54, 1.807) is 24.3 Å². The maximum absolute atomic E-state index is 14.3. The van der Waals surface area contributed by atoms with Gasteiger partial charge in [-0.1, -0.05) is 47.8 Å². The number of aromatic nitrogens is 5. The van der Waals surface area contributed by atoms with Crippen molar-refractivity contribution in [2.75, 3.05) is 5.32 Å². The highest BCUT2D eigenvalue weighted by Crippen LogP contribution is 2.33. The summed E-state index contributed by atoms with van der Waals surface area (Å²) in [5.74, 6) is -0.193. The third-order valence-electron chi connectivity index (χ3n) is 5.55. The lowest BCUT2D eigenvalue weighted by molar-refractivity contribution is 0.629. The molecule has 11 heteroatoms. The smallest absolute Gasteiger partial charge is 0.264 e.